The van der Waals surface area contributed by atoms with Crippen LogP contribution in [0.2, 0.25) is 0 Å². The minimum atomic E-state index is -1.08. The summed E-state index contributed by atoms with van der Waals surface area (Å²) in [6.45, 7) is 1.49. The zero-order valence-corrected chi connectivity index (χ0v) is 16.1. The molecule has 2 aromatic rings. The van der Waals surface area contributed by atoms with Gasteiger partial charge in [-0.25, -0.2) is 9.79 Å². The molecule has 0 aliphatic carbocycles. The van der Waals surface area contributed by atoms with Crippen LogP contribution in [-0.2, 0) is 9.59 Å². The third-order valence-electron chi connectivity index (χ3n) is 3.82. The number of aryl methyl sites for hydroxylation is 1. The van der Waals surface area contributed by atoms with Crippen molar-refractivity contribution in [2.75, 3.05) is 13.7 Å². The van der Waals surface area contributed by atoms with Gasteiger partial charge in [0.15, 0.2) is 23.3 Å². The van der Waals surface area contributed by atoms with E-state index in [-0.39, 0.29) is 5.91 Å². The van der Waals surface area contributed by atoms with E-state index in [1.54, 1.807) is 24.3 Å². The molecule has 0 spiro atoms. The Morgan fingerprint density at radius 3 is 2.75 bits per heavy atom. The van der Waals surface area contributed by atoms with Gasteiger partial charge in [-0.2, -0.15) is 0 Å². The van der Waals surface area contributed by atoms with Crippen LogP contribution in [0.1, 0.15) is 11.1 Å². The van der Waals surface area contributed by atoms with Crippen molar-refractivity contribution < 1.29 is 24.2 Å². The number of amidine groups is 1. The second kappa shape index (κ2) is 8.62. The number of benzene rings is 2. The summed E-state index contributed by atoms with van der Waals surface area (Å²) >= 11 is 1.25. The van der Waals surface area contributed by atoms with E-state index in [9.17, 15) is 9.59 Å². The molecular weight excluding hydrogens is 380 g/mol. The van der Waals surface area contributed by atoms with E-state index in [4.69, 9.17) is 14.6 Å². The van der Waals surface area contributed by atoms with Gasteiger partial charge in [-0.15, -0.1) is 0 Å². The van der Waals surface area contributed by atoms with Gasteiger partial charge in [0.05, 0.1) is 17.7 Å². The van der Waals surface area contributed by atoms with Crippen molar-refractivity contribution in [3.8, 4) is 11.5 Å². The Morgan fingerprint density at radius 2 is 2.04 bits per heavy atom. The van der Waals surface area contributed by atoms with Crippen molar-refractivity contribution in [3.05, 3.63) is 58.5 Å². The molecule has 0 aromatic heterocycles. The van der Waals surface area contributed by atoms with E-state index in [2.05, 4.69) is 10.3 Å². The Hall–Kier alpha value is -3.26. The maximum absolute atomic E-state index is 12.3. The van der Waals surface area contributed by atoms with Gasteiger partial charge in [0, 0.05) is 0 Å². The number of nitrogens with one attached hydrogen (secondary N) is 1. The zero-order chi connectivity index (χ0) is 20.1. The molecule has 0 bridgehead atoms. The molecule has 0 atom stereocenters. The third-order valence-corrected chi connectivity index (χ3v) is 4.73. The van der Waals surface area contributed by atoms with Crippen LogP contribution in [0, 0.1) is 6.92 Å². The molecule has 0 radical (unpaired) electrons. The maximum Gasteiger partial charge on any atom is 0.341 e. The van der Waals surface area contributed by atoms with E-state index in [0.29, 0.717) is 27.1 Å². The molecule has 2 N–H and O–H groups in total. The molecule has 3 rings (SSSR count). The lowest BCUT2D eigenvalue weighted by Crippen LogP contribution is -2.19. The van der Waals surface area contributed by atoms with Crippen molar-refractivity contribution in [2.45, 2.75) is 6.92 Å². The smallest absolute Gasteiger partial charge is 0.341 e. The molecule has 2 aromatic carbocycles. The van der Waals surface area contributed by atoms with Crippen LogP contribution in [0.15, 0.2) is 52.4 Å². The van der Waals surface area contributed by atoms with Crippen LogP contribution in [0.25, 0.3) is 6.08 Å². The number of hydrogen-bond acceptors (Lipinski definition) is 6. The first-order chi connectivity index (χ1) is 13.5. The number of hydrogen-bond donors (Lipinski definition) is 2. The summed E-state index contributed by atoms with van der Waals surface area (Å²) in [5, 5.41) is 12.0. The summed E-state index contributed by atoms with van der Waals surface area (Å²) in [4.78, 5) is 27.9. The number of methoxy groups -OCH3 is 1. The minimum Gasteiger partial charge on any atom is -0.493 e. The van der Waals surface area contributed by atoms with Crippen molar-refractivity contribution in [2.24, 2.45) is 4.99 Å². The van der Waals surface area contributed by atoms with E-state index < -0.39 is 12.6 Å². The van der Waals surface area contributed by atoms with Gasteiger partial charge in [0.1, 0.15) is 0 Å². The van der Waals surface area contributed by atoms with Crippen molar-refractivity contribution in [1.82, 2.24) is 5.32 Å². The first-order valence-electron chi connectivity index (χ1n) is 8.34. The van der Waals surface area contributed by atoms with Gasteiger partial charge < -0.3 is 19.9 Å². The topological polar surface area (TPSA) is 97.2 Å². The number of carboxylic acids is 1. The standard InChI is InChI=1S/C20H18N2O5S/c1-12-5-3-4-6-14(12)21-20-22-19(25)17(28-20)10-13-7-8-15(16(9-13)26-2)27-11-18(23)24/h3-10H,11H2,1-2H3,(H,23,24)(H,21,22,25)/b17-10+. The van der Waals surface area contributed by atoms with Gasteiger partial charge in [0.25, 0.3) is 5.91 Å². The fraction of sp³-hybridized carbons (Fsp3) is 0.150. The van der Waals surface area contributed by atoms with Crippen LogP contribution in [0.4, 0.5) is 5.69 Å². The number of thioether (sulfide) groups is 1. The maximum atomic E-state index is 12.3. The molecule has 1 saturated heterocycles. The highest BCUT2D eigenvalue weighted by Gasteiger charge is 2.24. The van der Waals surface area contributed by atoms with Gasteiger partial charge in [-0.05, 0) is 54.1 Å². The summed E-state index contributed by atoms with van der Waals surface area (Å²) in [5.74, 6) is -0.611. The van der Waals surface area contributed by atoms with E-state index >= 15 is 0 Å². The number of amides is 1. The Bertz CT molecular complexity index is 984. The first kappa shape index (κ1) is 19.5. The quantitative estimate of drug-likeness (QED) is 0.724. The SMILES string of the molecule is COc1cc(/C=C2/SC(=Nc3ccccc3C)NC2=O)ccc1OCC(=O)O. The number of carbonyl (C=O) groups excluding carboxylic acids is 1. The number of carbonyl (C=O) groups is 2. The first-order valence-corrected chi connectivity index (χ1v) is 9.16. The van der Waals surface area contributed by atoms with Crippen LogP contribution >= 0.6 is 11.8 Å². The van der Waals surface area contributed by atoms with E-state index in [1.165, 1.54) is 18.9 Å². The summed E-state index contributed by atoms with van der Waals surface area (Å²) in [5.41, 5.74) is 2.53. The van der Waals surface area contributed by atoms with Gasteiger partial charge in [-0.3, -0.25) is 4.79 Å². The van der Waals surface area contributed by atoms with Crippen LogP contribution in [0.5, 0.6) is 11.5 Å². The molecule has 8 heteroatoms. The molecule has 0 saturated carbocycles. The highest BCUT2D eigenvalue weighted by Crippen LogP contribution is 2.32. The summed E-state index contributed by atoms with van der Waals surface area (Å²) in [7, 11) is 1.46. The Balaban J connectivity index is 1.80. The van der Waals surface area contributed by atoms with Crippen molar-refractivity contribution in [1.29, 1.82) is 0 Å². The lowest BCUT2D eigenvalue weighted by atomic mass is 10.2. The number of rotatable bonds is 6. The molecule has 1 amide bonds. The normalized spacial score (nSPS) is 16.3. The van der Waals surface area contributed by atoms with Gasteiger partial charge in [0.2, 0.25) is 0 Å². The number of ether oxygens (including phenoxy) is 2. The molecule has 1 aliphatic rings. The highest BCUT2D eigenvalue weighted by atomic mass is 32.2. The zero-order valence-electron chi connectivity index (χ0n) is 15.3. The number of aliphatic carboxylic acids is 1. The van der Waals surface area contributed by atoms with Crippen LogP contribution < -0.4 is 14.8 Å². The van der Waals surface area contributed by atoms with Crippen LogP contribution in [0.3, 0.4) is 0 Å². The predicted molar refractivity (Wildman–Crippen MR) is 108 cm³/mol. The van der Waals surface area contributed by atoms with E-state index in [1.807, 2.05) is 31.2 Å². The molecular formula is C20H18N2O5S. The summed E-state index contributed by atoms with van der Waals surface area (Å²) in [6, 6.07) is 12.7. The Kier molecular flexibility index (Phi) is 6.00. The van der Waals surface area contributed by atoms with Crippen molar-refractivity contribution in [3.63, 3.8) is 0 Å². The molecule has 144 valence electrons. The van der Waals surface area contributed by atoms with Crippen LogP contribution in [-0.4, -0.2) is 35.9 Å². The fourth-order valence-corrected chi connectivity index (χ4v) is 3.30. The fourth-order valence-electron chi connectivity index (χ4n) is 2.46. The largest absolute Gasteiger partial charge is 0.493 e. The molecule has 7 nitrogen and oxygen atoms in total. The molecule has 1 heterocycles. The number of para-hydroxylation sites is 1. The van der Waals surface area contributed by atoms with Gasteiger partial charge in [-0.1, -0.05) is 24.3 Å². The second-order valence-corrected chi connectivity index (χ2v) is 6.89. The van der Waals surface area contributed by atoms with E-state index in [0.717, 1.165) is 11.3 Å². The highest BCUT2D eigenvalue weighted by molar-refractivity contribution is 8.18. The van der Waals surface area contributed by atoms with Crippen molar-refractivity contribution >= 4 is 40.6 Å². The molecule has 1 fully saturated rings. The number of aliphatic imine (C=N–C) groups is 1. The lowest BCUT2D eigenvalue weighted by molar-refractivity contribution is -0.139. The second-order valence-electron chi connectivity index (χ2n) is 5.86. The minimum absolute atomic E-state index is 0.234. The average molecular weight is 398 g/mol. The number of carboxylic acid groups (broad SMARTS) is 1. The Labute approximate surface area is 166 Å². The number of nitrogens with zero attached hydrogens (tertiary/aromatic N) is 1. The average Bonchev–Trinajstić information content (AvgIpc) is 3.01. The molecule has 0 unspecified atom stereocenters. The predicted octanol–water partition coefficient (Wildman–Crippen LogP) is 3.36. The molecule has 1 aliphatic heterocycles. The summed E-state index contributed by atoms with van der Waals surface area (Å²) in [6.07, 6.45) is 1.71. The third kappa shape index (κ3) is 4.72. The monoisotopic (exact) mass is 398 g/mol. The summed E-state index contributed by atoms with van der Waals surface area (Å²) < 4.78 is 10.4. The Morgan fingerprint density at radius 1 is 1.25 bits per heavy atom. The van der Waals surface area contributed by atoms with Gasteiger partial charge >= 0.3 is 5.97 Å². The molecule has 28 heavy (non-hydrogen) atoms. The lowest BCUT2D eigenvalue weighted by Gasteiger charge is -2.09.